The van der Waals surface area contributed by atoms with E-state index >= 15 is 0 Å². The molecular formula is C16H16BrClO2. The van der Waals surface area contributed by atoms with E-state index in [0.717, 1.165) is 26.9 Å². The van der Waals surface area contributed by atoms with Gasteiger partial charge >= 0.3 is 0 Å². The van der Waals surface area contributed by atoms with Crippen LogP contribution in [0.2, 0.25) is 5.02 Å². The van der Waals surface area contributed by atoms with Crippen molar-refractivity contribution in [2.75, 3.05) is 7.11 Å². The molecule has 0 bridgehead atoms. The third kappa shape index (κ3) is 3.00. The molecule has 2 aromatic carbocycles. The molecule has 0 fully saturated rings. The van der Waals surface area contributed by atoms with E-state index in [1.54, 1.807) is 13.2 Å². The molecule has 0 spiro atoms. The summed E-state index contributed by atoms with van der Waals surface area (Å²) in [5.41, 5.74) is 3.48. The Morgan fingerprint density at radius 2 is 1.80 bits per heavy atom. The first-order valence-corrected chi connectivity index (χ1v) is 7.39. The topological polar surface area (TPSA) is 29.5 Å². The molecule has 0 aromatic heterocycles. The van der Waals surface area contributed by atoms with Crippen LogP contribution in [0.5, 0.6) is 5.75 Å². The lowest BCUT2D eigenvalue weighted by molar-refractivity contribution is 0.219. The van der Waals surface area contributed by atoms with Gasteiger partial charge in [0.1, 0.15) is 11.9 Å². The summed E-state index contributed by atoms with van der Waals surface area (Å²) in [6, 6.07) is 9.34. The largest absolute Gasteiger partial charge is 0.496 e. The van der Waals surface area contributed by atoms with Crippen molar-refractivity contribution in [1.82, 2.24) is 0 Å². The molecule has 0 radical (unpaired) electrons. The minimum absolute atomic E-state index is 0.550. The van der Waals surface area contributed by atoms with Crippen LogP contribution < -0.4 is 4.74 Å². The molecule has 4 heteroatoms. The van der Waals surface area contributed by atoms with Gasteiger partial charge in [-0.1, -0.05) is 27.5 Å². The molecule has 0 aliphatic carbocycles. The number of rotatable bonds is 3. The van der Waals surface area contributed by atoms with Gasteiger partial charge in [0.2, 0.25) is 0 Å². The Hall–Kier alpha value is -1.03. The average Bonchev–Trinajstić information content (AvgIpc) is 2.42. The van der Waals surface area contributed by atoms with Crippen molar-refractivity contribution >= 4 is 27.5 Å². The molecule has 1 N–H and O–H groups in total. The van der Waals surface area contributed by atoms with Crippen molar-refractivity contribution in [3.63, 3.8) is 0 Å². The average molecular weight is 356 g/mol. The number of halogens is 2. The summed E-state index contributed by atoms with van der Waals surface area (Å²) >= 11 is 9.59. The van der Waals surface area contributed by atoms with E-state index in [1.807, 2.05) is 38.1 Å². The number of aryl methyl sites for hydroxylation is 2. The van der Waals surface area contributed by atoms with E-state index in [2.05, 4.69) is 15.9 Å². The van der Waals surface area contributed by atoms with Gasteiger partial charge < -0.3 is 9.84 Å². The Morgan fingerprint density at radius 3 is 2.45 bits per heavy atom. The Kier molecular flexibility index (Phi) is 4.74. The van der Waals surface area contributed by atoms with E-state index < -0.39 is 6.10 Å². The molecule has 0 aliphatic rings. The summed E-state index contributed by atoms with van der Waals surface area (Å²) in [5.74, 6) is 0.818. The van der Waals surface area contributed by atoms with Crippen molar-refractivity contribution in [2.45, 2.75) is 20.0 Å². The third-order valence-electron chi connectivity index (χ3n) is 3.33. The molecule has 106 valence electrons. The molecule has 0 aliphatic heterocycles. The van der Waals surface area contributed by atoms with Gasteiger partial charge in [-0.2, -0.15) is 0 Å². The van der Waals surface area contributed by atoms with Gasteiger partial charge in [-0.3, -0.25) is 0 Å². The predicted octanol–water partition coefficient (Wildman–Crippen LogP) is 4.81. The smallest absolute Gasteiger partial charge is 0.122 e. The van der Waals surface area contributed by atoms with Gasteiger partial charge in [-0.25, -0.2) is 0 Å². The minimum atomic E-state index is -0.760. The normalized spacial score (nSPS) is 12.3. The van der Waals surface area contributed by atoms with Gasteiger partial charge in [-0.15, -0.1) is 0 Å². The number of hydrogen-bond donors (Lipinski definition) is 1. The van der Waals surface area contributed by atoms with Crippen LogP contribution in [0.25, 0.3) is 0 Å². The number of hydrogen-bond acceptors (Lipinski definition) is 2. The molecule has 1 unspecified atom stereocenters. The number of benzene rings is 2. The molecule has 2 aromatic rings. The highest BCUT2D eigenvalue weighted by molar-refractivity contribution is 9.10. The second-order valence-electron chi connectivity index (χ2n) is 4.75. The van der Waals surface area contributed by atoms with Gasteiger partial charge in [-0.05, 0) is 60.9 Å². The molecule has 0 heterocycles. The monoisotopic (exact) mass is 354 g/mol. The molecule has 1 atom stereocenters. The zero-order valence-electron chi connectivity index (χ0n) is 11.6. The lowest BCUT2D eigenvalue weighted by atomic mass is 9.95. The summed E-state index contributed by atoms with van der Waals surface area (Å²) in [5, 5.41) is 11.2. The maximum atomic E-state index is 10.6. The molecular weight excluding hydrogens is 340 g/mol. The maximum absolute atomic E-state index is 10.6. The van der Waals surface area contributed by atoms with Gasteiger partial charge in [0.25, 0.3) is 0 Å². The van der Waals surface area contributed by atoms with Crippen LogP contribution in [0.1, 0.15) is 28.4 Å². The van der Waals surface area contributed by atoms with Crippen LogP contribution in [0.3, 0.4) is 0 Å². The summed E-state index contributed by atoms with van der Waals surface area (Å²) < 4.78 is 6.18. The van der Waals surface area contributed by atoms with E-state index in [9.17, 15) is 5.11 Å². The number of aliphatic hydroxyl groups is 1. The van der Waals surface area contributed by atoms with E-state index in [-0.39, 0.29) is 0 Å². The number of methoxy groups -OCH3 is 1. The second-order valence-corrected chi connectivity index (χ2v) is 6.07. The predicted molar refractivity (Wildman–Crippen MR) is 85.7 cm³/mol. The summed E-state index contributed by atoms with van der Waals surface area (Å²) in [6.45, 7) is 3.91. The maximum Gasteiger partial charge on any atom is 0.122 e. The zero-order valence-corrected chi connectivity index (χ0v) is 13.9. The van der Waals surface area contributed by atoms with Crippen molar-refractivity contribution < 1.29 is 9.84 Å². The lowest BCUT2D eigenvalue weighted by Crippen LogP contribution is -2.04. The van der Waals surface area contributed by atoms with E-state index in [4.69, 9.17) is 16.3 Å². The molecule has 2 rings (SSSR count). The number of ether oxygens (including phenoxy) is 1. The number of aliphatic hydroxyl groups excluding tert-OH is 1. The minimum Gasteiger partial charge on any atom is -0.496 e. The van der Waals surface area contributed by atoms with Crippen LogP contribution in [-0.4, -0.2) is 12.2 Å². The fraction of sp³-hybridized carbons (Fsp3) is 0.250. The molecule has 0 amide bonds. The molecule has 0 saturated carbocycles. The summed E-state index contributed by atoms with van der Waals surface area (Å²) in [4.78, 5) is 0. The highest BCUT2D eigenvalue weighted by Crippen LogP contribution is 2.34. The van der Waals surface area contributed by atoms with Crippen molar-refractivity contribution in [3.8, 4) is 5.75 Å². The fourth-order valence-corrected chi connectivity index (χ4v) is 2.82. The molecule has 0 saturated heterocycles. The lowest BCUT2D eigenvalue weighted by Gasteiger charge is -2.18. The summed E-state index contributed by atoms with van der Waals surface area (Å²) in [6.07, 6.45) is -0.760. The Labute approximate surface area is 132 Å². The molecule has 2 nitrogen and oxygen atoms in total. The second kappa shape index (κ2) is 6.17. The van der Waals surface area contributed by atoms with Crippen LogP contribution in [-0.2, 0) is 0 Å². The highest BCUT2D eigenvalue weighted by Gasteiger charge is 2.18. The van der Waals surface area contributed by atoms with Gasteiger partial charge in [0.15, 0.2) is 0 Å². The first kappa shape index (κ1) is 15.4. The molecule has 20 heavy (non-hydrogen) atoms. The van der Waals surface area contributed by atoms with Crippen molar-refractivity contribution in [1.29, 1.82) is 0 Å². The van der Waals surface area contributed by atoms with Crippen LogP contribution in [0.4, 0.5) is 0 Å². The third-order valence-corrected chi connectivity index (χ3v) is 4.17. The van der Waals surface area contributed by atoms with E-state index in [0.29, 0.717) is 10.6 Å². The van der Waals surface area contributed by atoms with Crippen molar-refractivity contribution in [2.24, 2.45) is 0 Å². The Balaban J connectivity index is 2.50. The SMILES string of the molecule is COc1cc(C)c(C(O)c2cc(Br)ccc2Cl)cc1C. The van der Waals surface area contributed by atoms with Gasteiger partial charge in [0.05, 0.1) is 7.11 Å². The summed E-state index contributed by atoms with van der Waals surface area (Å²) in [7, 11) is 1.64. The zero-order chi connectivity index (χ0) is 14.9. The first-order valence-electron chi connectivity index (χ1n) is 6.22. The van der Waals surface area contributed by atoms with E-state index in [1.165, 1.54) is 0 Å². The van der Waals surface area contributed by atoms with Gasteiger partial charge in [0, 0.05) is 15.1 Å². The first-order chi connectivity index (χ1) is 9.43. The van der Waals surface area contributed by atoms with Crippen LogP contribution in [0, 0.1) is 13.8 Å². The fourth-order valence-electron chi connectivity index (χ4n) is 2.22. The Morgan fingerprint density at radius 1 is 1.10 bits per heavy atom. The quantitative estimate of drug-likeness (QED) is 0.856. The van der Waals surface area contributed by atoms with Crippen molar-refractivity contribution in [3.05, 3.63) is 62.1 Å². The highest BCUT2D eigenvalue weighted by atomic mass is 79.9. The Bertz CT molecular complexity index is 641. The van der Waals surface area contributed by atoms with Crippen LogP contribution >= 0.6 is 27.5 Å². The standard InChI is InChI=1S/C16H16BrClO2/c1-9-7-15(20-3)10(2)6-12(9)16(19)13-8-11(17)4-5-14(13)18/h4-8,16,19H,1-3H3. The van der Waals surface area contributed by atoms with Crippen LogP contribution in [0.15, 0.2) is 34.8 Å².